The number of methoxy groups -OCH3 is 2. The molecule has 216 valence electrons. The Bertz CT molecular complexity index is 1350. The Hall–Kier alpha value is -3.43. The lowest BCUT2D eigenvalue weighted by atomic mass is 9.92. The molecule has 40 heavy (non-hydrogen) atoms. The van der Waals surface area contributed by atoms with Crippen molar-refractivity contribution in [1.29, 1.82) is 0 Å². The van der Waals surface area contributed by atoms with E-state index in [4.69, 9.17) is 9.47 Å². The van der Waals surface area contributed by atoms with Gasteiger partial charge in [-0.3, -0.25) is 14.6 Å². The summed E-state index contributed by atoms with van der Waals surface area (Å²) in [4.78, 5) is 34.9. The smallest absolute Gasteiger partial charge is 0.259 e. The van der Waals surface area contributed by atoms with Gasteiger partial charge in [-0.15, -0.1) is 0 Å². The topological polar surface area (TPSA) is 80.1 Å². The van der Waals surface area contributed by atoms with Gasteiger partial charge < -0.3 is 23.7 Å². The summed E-state index contributed by atoms with van der Waals surface area (Å²) in [5, 5.41) is 1.42. The maximum atomic E-state index is 12.9. The predicted octanol–water partition coefficient (Wildman–Crippen LogP) is 3.81. The lowest BCUT2D eigenvalue weighted by Crippen LogP contribution is -2.35. The zero-order valence-electron chi connectivity index (χ0n) is 24.8. The van der Waals surface area contributed by atoms with Crippen LogP contribution < -0.4 is 19.9 Å². The van der Waals surface area contributed by atoms with Crippen molar-refractivity contribution in [1.82, 2.24) is 19.4 Å². The minimum absolute atomic E-state index is 0.0818. The van der Waals surface area contributed by atoms with E-state index in [9.17, 15) is 9.59 Å². The SMILES string of the molecule is CCN(CC=O)CCC1CCN(Cc2c(OC)cc(-c3cn(C)c(=O)c4cnc(N(C)C)cc34)cc2OC)CC1. The zero-order valence-corrected chi connectivity index (χ0v) is 24.8. The molecule has 1 saturated heterocycles. The van der Waals surface area contributed by atoms with E-state index in [2.05, 4.69) is 21.7 Å². The van der Waals surface area contributed by atoms with Crippen molar-refractivity contribution in [2.45, 2.75) is 32.7 Å². The standard InChI is InChI=1S/C31H43N5O4/c1-7-35(14-15-37)11-8-22-9-12-36(13-10-22)21-27-28(39-5)16-23(17-29(27)40-6)26-20-34(4)31(38)25-19-32-30(33(2)3)18-24(25)26/h15-20,22H,7-14,21H2,1-6H3. The highest BCUT2D eigenvalue weighted by molar-refractivity contribution is 5.97. The van der Waals surface area contributed by atoms with Gasteiger partial charge in [0.1, 0.15) is 23.6 Å². The molecule has 0 N–H and O–H groups in total. The molecule has 9 heteroatoms. The molecule has 0 amide bonds. The van der Waals surface area contributed by atoms with Gasteiger partial charge in [-0.05, 0) is 75.1 Å². The molecule has 0 atom stereocenters. The molecule has 0 radical (unpaired) electrons. The van der Waals surface area contributed by atoms with Crippen LogP contribution in [0, 0.1) is 5.92 Å². The molecule has 0 unspecified atom stereocenters. The molecule has 4 rings (SSSR count). The fourth-order valence-corrected chi connectivity index (χ4v) is 5.63. The number of rotatable bonds is 12. The van der Waals surface area contributed by atoms with Gasteiger partial charge in [-0.1, -0.05) is 6.92 Å². The van der Waals surface area contributed by atoms with Crippen LogP contribution in [0.4, 0.5) is 5.82 Å². The van der Waals surface area contributed by atoms with Crippen LogP contribution in [-0.4, -0.2) is 86.7 Å². The monoisotopic (exact) mass is 549 g/mol. The average Bonchev–Trinajstić information content (AvgIpc) is 2.97. The number of aryl methyl sites for hydroxylation is 1. The van der Waals surface area contributed by atoms with Crippen LogP contribution in [0.5, 0.6) is 11.5 Å². The van der Waals surface area contributed by atoms with E-state index in [1.165, 1.54) is 0 Å². The number of likely N-dealkylation sites (tertiary alicyclic amines) is 1. The second-order valence-corrected chi connectivity index (χ2v) is 10.9. The van der Waals surface area contributed by atoms with Gasteiger partial charge in [0.25, 0.3) is 5.56 Å². The summed E-state index contributed by atoms with van der Waals surface area (Å²) in [5.41, 5.74) is 2.78. The molecule has 2 aromatic heterocycles. The Labute approximate surface area is 237 Å². The molecule has 1 fully saturated rings. The number of anilines is 1. The lowest BCUT2D eigenvalue weighted by molar-refractivity contribution is -0.108. The fraction of sp³-hybridized carbons (Fsp3) is 0.516. The van der Waals surface area contributed by atoms with Crippen molar-refractivity contribution in [2.75, 3.05) is 65.9 Å². The van der Waals surface area contributed by atoms with Crippen LogP contribution in [0.3, 0.4) is 0 Å². The fourth-order valence-electron chi connectivity index (χ4n) is 5.63. The highest BCUT2D eigenvalue weighted by Crippen LogP contribution is 2.38. The third-order valence-electron chi connectivity index (χ3n) is 8.15. The summed E-state index contributed by atoms with van der Waals surface area (Å²) in [6.45, 7) is 7.30. The number of likely N-dealkylation sites (N-methyl/N-ethyl adjacent to an activating group) is 1. The Morgan fingerprint density at radius 1 is 1.07 bits per heavy atom. The van der Waals surface area contributed by atoms with Gasteiger partial charge in [-0.25, -0.2) is 4.98 Å². The lowest BCUT2D eigenvalue weighted by Gasteiger charge is -2.33. The first kappa shape index (κ1) is 29.6. The highest BCUT2D eigenvalue weighted by atomic mass is 16.5. The second kappa shape index (κ2) is 13.3. The minimum Gasteiger partial charge on any atom is -0.496 e. The van der Waals surface area contributed by atoms with Crippen LogP contribution in [0.1, 0.15) is 31.7 Å². The van der Waals surface area contributed by atoms with E-state index in [0.29, 0.717) is 17.8 Å². The van der Waals surface area contributed by atoms with Crippen LogP contribution in [0.15, 0.2) is 35.4 Å². The van der Waals surface area contributed by atoms with Crippen LogP contribution in [0.25, 0.3) is 21.9 Å². The van der Waals surface area contributed by atoms with Crippen molar-refractivity contribution in [3.63, 3.8) is 0 Å². The van der Waals surface area contributed by atoms with E-state index in [1.807, 2.05) is 43.4 Å². The predicted molar refractivity (Wildman–Crippen MR) is 161 cm³/mol. The number of carbonyl (C=O) groups excluding carboxylic acids is 1. The van der Waals surface area contributed by atoms with Crippen LogP contribution in [0.2, 0.25) is 0 Å². The summed E-state index contributed by atoms with van der Waals surface area (Å²) in [6.07, 6.45) is 7.96. The number of hydrogen-bond acceptors (Lipinski definition) is 8. The highest BCUT2D eigenvalue weighted by Gasteiger charge is 2.23. The van der Waals surface area contributed by atoms with Gasteiger partial charge in [0.05, 0.1) is 31.7 Å². The molecule has 3 aromatic rings. The Morgan fingerprint density at radius 3 is 2.33 bits per heavy atom. The molecule has 0 aliphatic carbocycles. The van der Waals surface area contributed by atoms with Crippen LogP contribution in [-0.2, 0) is 18.4 Å². The van der Waals surface area contributed by atoms with E-state index in [-0.39, 0.29) is 5.56 Å². The molecule has 1 aromatic carbocycles. The molecular weight excluding hydrogens is 506 g/mol. The maximum absolute atomic E-state index is 12.9. The maximum Gasteiger partial charge on any atom is 0.259 e. The summed E-state index contributed by atoms with van der Waals surface area (Å²) >= 11 is 0. The van der Waals surface area contributed by atoms with E-state index < -0.39 is 0 Å². The van der Waals surface area contributed by atoms with Crippen molar-refractivity contribution in [2.24, 2.45) is 13.0 Å². The first-order valence-electron chi connectivity index (χ1n) is 14.1. The molecule has 1 aliphatic heterocycles. The number of carbonyl (C=O) groups is 1. The largest absolute Gasteiger partial charge is 0.496 e. The molecule has 9 nitrogen and oxygen atoms in total. The first-order chi connectivity index (χ1) is 19.3. The van der Waals surface area contributed by atoms with Crippen LogP contribution >= 0.6 is 0 Å². The number of nitrogens with zero attached hydrogens (tertiary/aromatic N) is 5. The number of ether oxygens (including phenoxy) is 2. The second-order valence-electron chi connectivity index (χ2n) is 10.9. The van der Waals surface area contributed by atoms with Crippen molar-refractivity contribution in [3.8, 4) is 22.6 Å². The van der Waals surface area contributed by atoms with Gasteiger partial charge in [-0.2, -0.15) is 0 Å². The molecule has 0 spiro atoms. The quantitative estimate of drug-likeness (QED) is 0.316. The number of aldehydes is 1. The number of aromatic nitrogens is 2. The Morgan fingerprint density at radius 2 is 1.75 bits per heavy atom. The molecular formula is C31H43N5O4. The van der Waals surface area contributed by atoms with Gasteiger partial charge in [0.2, 0.25) is 0 Å². The Kier molecular flexibility index (Phi) is 9.81. The summed E-state index contributed by atoms with van der Waals surface area (Å²) in [7, 11) is 9.03. The van der Waals surface area contributed by atoms with Gasteiger partial charge >= 0.3 is 0 Å². The van der Waals surface area contributed by atoms with Gasteiger partial charge in [0, 0.05) is 51.0 Å². The summed E-state index contributed by atoms with van der Waals surface area (Å²) in [5.74, 6) is 3.01. The van der Waals surface area contributed by atoms with Crippen molar-refractivity contribution in [3.05, 3.63) is 46.5 Å². The molecule has 3 heterocycles. The van der Waals surface area contributed by atoms with E-state index in [1.54, 1.807) is 32.0 Å². The van der Waals surface area contributed by atoms with E-state index in [0.717, 1.165) is 97.7 Å². The van der Waals surface area contributed by atoms with Crippen molar-refractivity contribution >= 4 is 22.9 Å². The number of pyridine rings is 2. The normalized spacial score (nSPS) is 14.6. The number of benzene rings is 1. The van der Waals surface area contributed by atoms with Crippen molar-refractivity contribution < 1.29 is 14.3 Å². The third-order valence-corrected chi connectivity index (χ3v) is 8.15. The number of fused-ring (bicyclic) bond motifs is 1. The average molecular weight is 550 g/mol. The molecule has 1 aliphatic rings. The minimum atomic E-state index is -0.0818. The third kappa shape index (κ3) is 6.47. The molecule has 0 bridgehead atoms. The first-order valence-corrected chi connectivity index (χ1v) is 14.1. The number of hydrogen-bond donors (Lipinski definition) is 0. The van der Waals surface area contributed by atoms with Gasteiger partial charge in [0.15, 0.2) is 0 Å². The van der Waals surface area contributed by atoms with E-state index >= 15 is 0 Å². The number of piperidine rings is 1. The molecule has 0 saturated carbocycles. The summed E-state index contributed by atoms with van der Waals surface area (Å²) in [6, 6.07) is 6.06. The summed E-state index contributed by atoms with van der Waals surface area (Å²) < 4.78 is 13.4. The zero-order chi connectivity index (χ0) is 28.8. The Balaban J connectivity index is 1.59.